The van der Waals surface area contributed by atoms with Crippen molar-refractivity contribution in [3.05, 3.63) is 0 Å². The lowest BCUT2D eigenvalue weighted by atomic mass is 9.84. The van der Waals surface area contributed by atoms with Crippen molar-refractivity contribution in [3.63, 3.8) is 0 Å². The first-order valence-electron chi connectivity index (χ1n) is 6.03. The molecule has 1 saturated carbocycles. The van der Waals surface area contributed by atoms with Crippen LogP contribution in [0.4, 0.5) is 0 Å². The number of nitrogens with zero attached hydrogens (tertiary/aromatic N) is 1. The zero-order valence-corrected chi connectivity index (χ0v) is 10.00. The summed E-state index contributed by atoms with van der Waals surface area (Å²) in [6.07, 6.45) is 5.54. The molecule has 2 nitrogen and oxygen atoms in total. The molecule has 0 aromatic carbocycles. The van der Waals surface area contributed by atoms with Gasteiger partial charge in [-0.15, -0.1) is 0 Å². The van der Waals surface area contributed by atoms with Gasteiger partial charge in [-0.3, -0.25) is 0 Å². The van der Waals surface area contributed by atoms with Crippen LogP contribution in [0.5, 0.6) is 0 Å². The highest BCUT2D eigenvalue weighted by Crippen LogP contribution is 2.27. The van der Waals surface area contributed by atoms with E-state index >= 15 is 0 Å². The Morgan fingerprint density at radius 2 is 2.00 bits per heavy atom. The van der Waals surface area contributed by atoms with E-state index in [1.165, 1.54) is 32.2 Å². The topological polar surface area (TPSA) is 29.3 Å². The summed E-state index contributed by atoms with van der Waals surface area (Å²) in [6, 6.07) is 0.593. The van der Waals surface area contributed by atoms with Gasteiger partial charge in [-0.25, -0.2) is 0 Å². The van der Waals surface area contributed by atoms with Crippen molar-refractivity contribution in [3.8, 4) is 0 Å². The van der Waals surface area contributed by atoms with Gasteiger partial charge in [0, 0.05) is 19.1 Å². The second-order valence-electron chi connectivity index (χ2n) is 5.26. The van der Waals surface area contributed by atoms with E-state index in [0.29, 0.717) is 6.04 Å². The zero-order valence-electron chi connectivity index (χ0n) is 10.00. The van der Waals surface area contributed by atoms with Crippen LogP contribution in [-0.4, -0.2) is 31.1 Å². The molecule has 2 heteroatoms. The summed E-state index contributed by atoms with van der Waals surface area (Å²) in [4.78, 5) is 2.48. The molecule has 14 heavy (non-hydrogen) atoms. The molecule has 1 rings (SSSR count). The third kappa shape index (κ3) is 3.58. The van der Waals surface area contributed by atoms with Gasteiger partial charge in [0.05, 0.1) is 0 Å². The van der Waals surface area contributed by atoms with E-state index in [0.717, 1.165) is 18.4 Å². The van der Waals surface area contributed by atoms with Crippen LogP contribution in [0.15, 0.2) is 0 Å². The Morgan fingerprint density at radius 1 is 1.36 bits per heavy atom. The van der Waals surface area contributed by atoms with Crippen LogP contribution in [0.1, 0.15) is 39.5 Å². The molecule has 0 saturated heterocycles. The lowest BCUT2D eigenvalue weighted by Gasteiger charge is -2.35. The van der Waals surface area contributed by atoms with Gasteiger partial charge in [0.1, 0.15) is 0 Å². The standard InChI is InChI=1S/C12H26N2/c1-10(2)7-12(8-13)14(3)9-11-5-4-6-11/h10-12H,4-9,13H2,1-3H3. The fourth-order valence-electron chi connectivity index (χ4n) is 2.23. The van der Waals surface area contributed by atoms with Crippen LogP contribution in [0.25, 0.3) is 0 Å². The average Bonchev–Trinajstić information content (AvgIpc) is 2.06. The van der Waals surface area contributed by atoms with Gasteiger partial charge in [0.15, 0.2) is 0 Å². The average molecular weight is 198 g/mol. The van der Waals surface area contributed by atoms with E-state index in [4.69, 9.17) is 5.73 Å². The molecule has 0 bridgehead atoms. The molecule has 0 heterocycles. The third-order valence-corrected chi connectivity index (χ3v) is 3.41. The molecular formula is C12H26N2. The lowest BCUT2D eigenvalue weighted by Crippen LogP contribution is -2.42. The molecule has 0 aromatic rings. The Balaban J connectivity index is 2.26. The third-order valence-electron chi connectivity index (χ3n) is 3.41. The lowest BCUT2D eigenvalue weighted by molar-refractivity contribution is 0.150. The highest BCUT2D eigenvalue weighted by atomic mass is 15.1. The first-order valence-corrected chi connectivity index (χ1v) is 6.03. The molecule has 2 N–H and O–H groups in total. The quantitative estimate of drug-likeness (QED) is 0.708. The smallest absolute Gasteiger partial charge is 0.0217 e. The van der Waals surface area contributed by atoms with E-state index < -0.39 is 0 Å². The van der Waals surface area contributed by atoms with Gasteiger partial charge in [-0.1, -0.05) is 20.3 Å². The highest BCUT2D eigenvalue weighted by molar-refractivity contribution is 4.77. The van der Waals surface area contributed by atoms with Crippen molar-refractivity contribution in [1.29, 1.82) is 0 Å². The predicted octanol–water partition coefficient (Wildman–Crippen LogP) is 2.09. The van der Waals surface area contributed by atoms with Crippen molar-refractivity contribution >= 4 is 0 Å². The van der Waals surface area contributed by atoms with Gasteiger partial charge in [-0.05, 0) is 38.1 Å². The van der Waals surface area contributed by atoms with Gasteiger partial charge in [-0.2, -0.15) is 0 Å². The maximum atomic E-state index is 5.82. The van der Waals surface area contributed by atoms with Crippen molar-refractivity contribution in [2.45, 2.75) is 45.6 Å². The van der Waals surface area contributed by atoms with Crippen molar-refractivity contribution in [2.24, 2.45) is 17.6 Å². The van der Waals surface area contributed by atoms with Crippen LogP contribution in [0.2, 0.25) is 0 Å². The zero-order chi connectivity index (χ0) is 10.6. The summed E-state index contributed by atoms with van der Waals surface area (Å²) in [5, 5.41) is 0. The Morgan fingerprint density at radius 3 is 2.36 bits per heavy atom. The molecule has 0 amide bonds. The van der Waals surface area contributed by atoms with Crippen LogP contribution >= 0.6 is 0 Å². The van der Waals surface area contributed by atoms with E-state index in [9.17, 15) is 0 Å². The summed E-state index contributed by atoms with van der Waals surface area (Å²) < 4.78 is 0. The normalized spacial score (nSPS) is 20.1. The van der Waals surface area contributed by atoms with Gasteiger partial charge >= 0.3 is 0 Å². The second kappa shape index (κ2) is 5.72. The van der Waals surface area contributed by atoms with Crippen LogP contribution in [0.3, 0.4) is 0 Å². The van der Waals surface area contributed by atoms with E-state index in [2.05, 4.69) is 25.8 Å². The largest absolute Gasteiger partial charge is 0.329 e. The Bertz CT molecular complexity index is 152. The number of hydrogen-bond donors (Lipinski definition) is 1. The number of rotatable bonds is 6. The van der Waals surface area contributed by atoms with Crippen molar-refractivity contribution < 1.29 is 0 Å². The van der Waals surface area contributed by atoms with Crippen molar-refractivity contribution in [2.75, 3.05) is 20.1 Å². The Labute approximate surface area is 88.8 Å². The first-order chi connectivity index (χ1) is 6.63. The Hall–Kier alpha value is -0.0800. The minimum atomic E-state index is 0.593. The molecule has 0 radical (unpaired) electrons. The van der Waals surface area contributed by atoms with Gasteiger partial charge in [0.25, 0.3) is 0 Å². The van der Waals surface area contributed by atoms with E-state index in [-0.39, 0.29) is 0 Å². The SMILES string of the molecule is CC(C)CC(CN)N(C)CC1CCC1. The van der Waals surface area contributed by atoms with E-state index in [1.54, 1.807) is 0 Å². The summed E-state index contributed by atoms with van der Waals surface area (Å²) in [7, 11) is 2.23. The molecular weight excluding hydrogens is 172 g/mol. The predicted molar refractivity (Wildman–Crippen MR) is 62.3 cm³/mol. The summed E-state index contributed by atoms with van der Waals surface area (Å²) in [5.41, 5.74) is 5.82. The van der Waals surface area contributed by atoms with Crippen molar-refractivity contribution in [1.82, 2.24) is 4.90 Å². The molecule has 1 atom stereocenters. The Kier molecular flexibility index (Phi) is 4.90. The number of likely N-dealkylation sites (N-methyl/N-ethyl adjacent to an activating group) is 1. The van der Waals surface area contributed by atoms with Crippen LogP contribution in [0, 0.1) is 11.8 Å². The first kappa shape index (κ1) is 12.0. The minimum absolute atomic E-state index is 0.593. The van der Waals surface area contributed by atoms with Gasteiger partial charge < -0.3 is 10.6 Å². The second-order valence-corrected chi connectivity index (χ2v) is 5.26. The monoisotopic (exact) mass is 198 g/mol. The molecule has 1 fully saturated rings. The fourth-order valence-corrected chi connectivity index (χ4v) is 2.23. The summed E-state index contributed by atoms with van der Waals surface area (Å²) in [6.45, 7) is 6.62. The maximum Gasteiger partial charge on any atom is 0.0217 e. The molecule has 0 aliphatic heterocycles. The highest BCUT2D eigenvalue weighted by Gasteiger charge is 2.22. The number of hydrogen-bond acceptors (Lipinski definition) is 2. The minimum Gasteiger partial charge on any atom is -0.329 e. The summed E-state index contributed by atoms with van der Waals surface area (Å²) >= 11 is 0. The molecule has 0 spiro atoms. The molecule has 84 valence electrons. The van der Waals surface area contributed by atoms with Crippen LogP contribution < -0.4 is 5.73 Å². The molecule has 1 unspecified atom stereocenters. The van der Waals surface area contributed by atoms with Gasteiger partial charge in [0.2, 0.25) is 0 Å². The molecule has 1 aliphatic carbocycles. The molecule has 0 aromatic heterocycles. The molecule has 1 aliphatic rings. The number of nitrogens with two attached hydrogens (primary N) is 1. The van der Waals surface area contributed by atoms with E-state index in [1.807, 2.05) is 0 Å². The fraction of sp³-hybridized carbons (Fsp3) is 1.00. The maximum absolute atomic E-state index is 5.82. The summed E-state index contributed by atoms with van der Waals surface area (Å²) in [5.74, 6) is 1.72. The van der Waals surface area contributed by atoms with Crippen LogP contribution in [-0.2, 0) is 0 Å².